The van der Waals surface area contributed by atoms with Crippen molar-refractivity contribution >= 4 is 12.4 Å². The van der Waals surface area contributed by atoms with Crippen LogP contribution in [0.5, 0.6) is 0 Å². The van der Waals surface area contributed by atoms with Crippen molar-refractivity contribution in [3.8, 4) is 0 Å². The average molecular weight is 229 g/mol. The lowest BCUT2D eigenvalue weighted by atomic mass is 9.94. The summed E-state index contributed by atoms with van der Waals surface area (Å²) in [4.78, 5) is 13.6. The molecule has 0 amide bonds. The summed E-state index contributed by atoms with van der Waals surface area (Å²) >= 11 is 0. The lowest BCUT2D eigenvalue weighted by Gasteiger charge is -2.35. The van der Waals surface area contributed by atoms with Gasteiger partial charge in [0.25, 0.3) is 0 Å². The number of rotatable bonds is 4. The lowest BCUT2D eigenvalue weighted by Crippen LogP contribution is -2.32. The van der Waals surface area contributed by atoms with E-state index in [9.17, 15) is 4.79 Å². The van der Waals surface area contributed by atoms with Gasteiger partial charge in [-0.2, -0.15) is 0 Å². The molecule has 0 fully saturated rings. The fraction of sp³-hybridized carbons (Fsp3) is 0.400. The molecule has 90 valence electrons. The van der Waals surface area contributed by atoms with Gasteiger partial charge in [0.05, 0.1) is 0 Å². The average Bonchev–Trinajstić information content (AvgIpc) is 2.35. The van der Waals surface area contributed by atoms with E-state index in [1.807, 2.05) is 12.1 Å². The quantitative estimate of drug-likeness (QED) is 0.737. The zero-order valence-corrected chi connectivity index (χ0v) is 10.5. The lowest BCUT2D eigenvalue weighted by molar-refractivity contribution is -0.112. The highest BCUT2D eigenvalue weighted by Crippen LogP contribution is 2.32. The first-order valence-electron chi connectivity index (χ1n) is 6.27. The molecule has 1 aliphatic heterocycles. The van der Waals surface area contributed by atoms with Crippen LogP contribution in [0.15, 0.2) is 30.0 Å². The van der Waals surface area contributed by atoms with E-state index in [0.29, 0.717) is 0 Å². The maximum atomic E-state index is 11.4. The minimum Gasteiger partial charge on any atom is -0.361 e. The van der Waals surface area contributed by atoms with Gasteiger partial charge in [0.15, 0.2) is 0 Å². The summed E-state index contributed by atoms with van der Waals surface area (Å²) in [5.41, 5.74) is 3.49. The fourth-order valence-electron chi connectivity index (χ4n) is 2.40. The first-order valence-corrected chi connectivity index (χ1v) is 6.27. The van der Waals surface area contributed by atoms with E-state index >= 15 is 0 Å². The zero-order chi connectivity index (χ0) is 12.3. The molecule has 0 saturated heterocycles. The Bertz CT molecular complexity index is 436. The molecule has 0 spiro atoms. The summed E-state index contributed by atoms with van der Waals surface area (Å²) in [6.07, 6.45) is 5.50. The molecule has 0 radical (unpaired) electrons. The SMILES string of the molecule is CCCCN1C(C)=Cc2ccccc2C1C=O. The number of unbranched alkanes of at least 4 members (excludes halogenated alkanes) is 1. The van der Waals surface area contributed by atoms with Crippen LogP contribution in [0.25, 0.3) is 6.08 Å². The van der Waals surface area contributed by atoms with Gasteiger partial charge in [-0.1, -0.05) is 37.6 Å². The third-order valence-electron chi connectivity index (χ3n) is 3.35. The predicted octanol–water partition coefficient (Wildman–Crippen LogP) is 3.40. The summed E-state index contributed by atoms with van der Waals surface area (Å²) in [6, 6.07) is 8.04. The van der Waals surface area contributed by atoms with Crippen molar-refractivity contribution in [3.05, 3.63) is 41.1 Å². The van der Waals surface area contributed by atoms with Crippen LogP contribution in [0.4, 0.5) is 0 Å². The molecule has 1 aliphatic rings. The van der Waals surface area contributed by atoms with Gasteiger partial charge >= 0.3 is 0 Å². The van der Waals surface area contributed by atoms with Gasteiger partial charge in [-0.3, -0.25) is 0 Å². The Morgan fingerprint density at radius 2 is 2.12 bits per heavy atom. The Morgan fingerprint density at radius 1 is 1.35 bits per heavy atom. The standard InChI is InChI=1S/C15H19NO/c1-3-4-9-16-12(2)10-13-7-5-6-8-14(13)15(16)11-17/h5-8,10-11,15H,3-4,9H2,1-2H3. The van der Waals surface area contributed by atoms with Crippen LogP contribution in [0, 0.1) is 0 Å². The van der Waals surface area contributed by atoms with Crippen LogP contribution in [0.1, 0.15) is 43.9 Å². The minimum atomic E-state index is -0.109. The topological polar surface area (TPSA) is 20.3 Å². The monoisotopic (exact) mass is 229 g/mol. The maximum Gasteiger partial charge on any atom is 0.147 e. The molecule has 1 heterocycles. The summed E-state index contributed by atoms with van der Waals surface area (Å²) in [6.45, 7) is 5.21. The number of carbonyl (C=O) groups is 1. The highest BCUT2D eigenvalue weighted by atomic mass is 16.1. The Balaban J connectivity index is 2.35. The van der Waals surface area contributed by atoms with Gasteiger partial charge in [0.1, 0.15) is 12.3 Å². The Labute approximate surface area is 103 Å². The second-order valence-electron chi connectivity index (χ2n) is 4.54. The Morgan fingerprint density at radius 3 is 2.82 bits per heavy atom. The molecular weight excluding hydrogens is 210 g/mol. The minimum absolute atomic E-state index is 0.109. The molecule has 1 unspecified atom stereocenters. The van der Waals surface area contributed by atoms with Crippen LogP contribution in [0.2, 0.25) is 0 Å². The van der Waals surface area contributed by atoms with Crippen LogP contribution in [0.3, 0.4) is 0 Å². The van der Waals surface area contributed by atoms with E-state index in [2.05, 4.69) is 37.0 Å². The molecule has 0 saturated carbocycles. The first kappa shape index (κ1) is 11.9. The van der Waals surface area contributed by atoms with E-state index in [4.69, 9.17) is 0 Å². The zero-order valence-electron chi connectivity index (χ0n) is 10.5. The second kappa shape index (κ2) is 5.17. The van der Waals surface area contributed by atoms with Gasteiger partial charge in [-0.05, 0) is 30.5 Å². The number of fused-ring (bicyclic) bond motifs is 1. The number of benzene rings is 1. The summed E-state index contributed by atoms with van der Waals surface area (Å²) < 4.78 is 0. The van der Waals surface area contributed by atoms with E-state index in [1.165, 1.54) is 11.3 Å². The third kappa shape index (κ3) is 2.26. The highest BCUT2D eigenvalue weighted by molar-refractivity contribution is 5.71. The molecule has 0 aliphatic carbocycles. The highest BCUT2D eigenvalue weighted by Gasteiger charge is 2.25. The van der Waals surface area contributed by atoms with Crippen molar-refractivity contribution in [1.29, 1.82) is 0 Å². The molecule has 0 bridgehead atoms. The molecular formula is C15H19NO. The van der Waals surface area contributed by atoms with Crippen molar-refractivity contribution in [2.75, 3.05) is 6.54 Å². The Hall–Kier alpha value is -1.57. The van der Waals surface area contributed by atoms with Gasteiger partial charge in [0.2, 0.25) is 0 Å². The third-order valence-corrected chi connectivity index (χ3v) is 3.35. The molecule has 1 aromatic rings. The molecule has 2 heteroatoms. The van der Waals surface area contributed by atoms with Gasteiger partial charge in [0, 0.05) is 12.2 Å². The molecule has 2 nitrogen and oxygen atoms in total. The fourth-order valence-corrected chi connectivity index (χ4v) is 2.40. The van der Waals surface area contributed by atoms with Crippen molar-refractivity contribution in [1.82, 2.24) is 4.90 Å². The summed E-state index contributed by atoms with van der Waals surface area (Å²) in [5, 5.41) is 0. The molecule has 0 N–H and O–H groups in total. The van der Waals surface area contributed by atoms with Gasteiger partial charge in [-0.25, -0.2) is 0 Å². The maximum absolute atomic E-state index is 11.4. The number of hydrogen-bond donors (Lipinski definition) is 0. The van der Waals surface area contributed by atoms with E-state index in [0.717, 1.165) is 31.2 Å². The summed E-state index contributed by atoms with van der Waals surface area (Å²) in [7, 11) is 0. The summed E-state index contributed by atoms with van der Waals surface area (Å²) in [5.74, 6) is 0. The normalized spacial score (nSPS) is 18.6. The van der Waals surface area contributed by atoms with Crippen LogP contribution >= 0.6 is 0 Å². The van der Waals surface area contributed by atoms with Crippen LogP contribution in [-0.2, 0) is 4.79 Å². The number of allylic oxidation sites excluding steroid dienone is 1. The van der Waals surface area contributed by atoms with Gasteiger partial charge in [-0.15, -0.1) is 0 Å². The van der Waals surface area contributed by atoms with Gasteiger partial charge < -0.3 is 9.69 Å². The molecule has 1 atom stereocenters. The van der Waals surface area contributed by atoms with Crippen molar-refractivity contribution in [2.24, 2.45) is 0 Å². The van der Waals surface area contributed by atoms with Crippen LogP contribution < -0.4 is 0 Å². The van der Waals surface area contributed by atoms with E-state index in [1.54, 1.807) is 0 Å². The van der Waals surface area contributed by atoms with Crippen molar-refractivity contribution in [2.45, 2.75) is 32.7 Å². The largest absolute Gasteiger partial charge is 0.361 e. The van der Waals surface area contributed by atoms with E-state index < -0.39 is 0 Å². The smallest absolute Gasteiger partial charge is 0.147 e. The second-order valence-corrected chi connectivity index (χ2v) is 4.54. The van der Waals surface area contributed by atoms with Crippen molar-refractivity contribution < 1.29 is 4.79 Å². The molecule has 2 rings (SSSR count). The number of hydrogen-bond acceptors (Lipinski definition) is 2. The Kier molecular flexibility index (Phi) is 3.62. The number of carbonyl (C=O) groups excluding carboxylic acids is 1. The van der Waals surface area contributed by atoms with Crippen molar-refractivity contribution in [3.63, 3.8) is 0 Å². The first-order chi connectivity index (χ1) is 8.27. The molecule has 0 aromatic heterocycles. The number of nitrogens with zero attached hydrogens (tertiary/aromatic N) is 1. The number of aldehydes is 1. The predicted molar refractivity (Wildman–Crippen MR) is 70.5 cm³/mol. The van der Waals surface area contributed by atoms with Crippen LogP contribution in [-0.4, -0.2) is 17.7 Å². The van der Waals surface area contributed by atoms with E-state index in [-0.39, 0.29) is 6.04 Å². The molecule has 1 aromatic carbocycles. The molecule has 17 heavy (non-hydrogen) atoms.